The fourth-order valence-electron chi connectivity index (χ4n) is 2.88. The van der Waals surface area contributed by atoms with Crippen LogP contribution in [0.4, 0.5) is 5.82 Å². The predicted octanol–water partition coefficient (Wildman–Crippen LogP) is 3.08. The number of hydrogen-bond acceptors (Lipinski definition) is 6. The number of carbonyl (C=O) groups is 1. The van der Waals surface area contributed by atoms with Crippen LogP contribution in [-0.2, 0) is 13.0 Å². The maximum atomic E-state index is 12.3. The third-order valence-corrected chi connectivity index (χ3v) is 4.41. The van der Waals surface area contributed by atoms with Crippen LogP contribution >= 0.6 is 0 Å². The van der Waals surface area contributed by atoms with E-state index in [2.05, 4.69) is 20.6 Å². The lowest BCUT2D eigenvalue weighted by Crippen LogP contribution is -2.26. The summed E-state index contributed by atoms with van der Waals surface area (Å²) < 4.78 is 10.7. The molecular formula is C22H24N4O3. The number of anilines is 1. The van der Waals surface area contributed by atoms with Crippen molar-refractivity contribution in [2.75, 3.05) is 26.1 Å². The summed E-state index contributed by atoms with van der Waals surface area (Å²) in [5.74, 6) is 1.94. The Hall–Kier alpha value is -3.61. The molecule has 3 aromatic rings. The van der Waals surface area contributed by atoms with Crippen molar-refractivity contribution in [1.82, 2.24) is 15.3 Å². The highest BCUT2D eigenvalue weighted by Crippen LogP contribution is 2.18. The molecule has 0 saturated carbocycles. The summed E-state index contributed by atoms with van der Waals surface area (Å²) >= 11 is 0. The molecule has 2 aromatic carbocycles. The Labute approximate surface area is 170 Å². The molecule has 2 N–H and O–H groups in total. The quantitative estimate of drug-likeness (QED) is 0.582. The molecule has 0 aliphatic heterocycles. The van der Waals surface area contributed by atoms with Gasteiger partial charge in [-0.3, -0.25) is 4.79 Å². The van der Waals surface area contributed by atoms with Gasteiger partial charge in [-0.1, -0.05) is 36.4 Å². The standard InChI is InChI=1S/C22H24N4O3/c1-28-19-9-5-3-7-16(19)11-12-23-22(27)18-14-26-21(15-24-18)25-13-17-8-4-6-10-20(17)29-2/h3-10,14-15H,11-13H2,1-2H3,(H,23,27)(H,25,26). The summed E-state index contributed by atoms with van der Waals surface area (Å²) in [4.78, 5) is 20.8. The van der Waals surface area contributed by atoms with Gasteiger partial charge in [0.05, 0.1) is 26.6 Å². The van der Waals surface area contributed by atoms with Gasteiger partial charge in [-0.15, -0.1) is 0 Å². The summed E-state index contributed by atoms with van der Waals surface area (Å²) in [6, 6.07) is 15.5. The van der Waals surface area contributed by atoms with Crippen molar-refractivity contribution in [2.24, 2.45) is 0 Å². The van der Waals surface area contributed by atoms with Crippen molar-refractivity contribution < 1.29 is 14.3 Å². The van der Waals surface area contributed by atoms with Gasteiger partial charge in [0.15, 0.2) is 0 Å². The van der Waals surface area contributed by atoms with Gasteiger partial charge in [0.25, 0.3) is 5.91 Å². The highest BCUT2D eigenvalue weighted by molar-refractivity contribution is 5.92. The summed E-state index contributed by atoms with van der Waals surface area (Å²) in [6.45, 7) is 1.03. The van der Waals surface area contributed by atoms with Crippen LogP contribution in [0.15, 0.2) is 60.9 Å². The van der Waals surface area contributed by atoms with E-state index in [0.29, 0.717) is 25.3 Å². The molecule has 0 aliphatic carbocycles. The molecule has 0 spiro atoms. The zero-order valence-corrected chi connectivity index (χ0v) is 16.5. The highest BCUT2D eigenvalue weighted by atomic mass is 16.5. The minimum Gasteiger partial charge on any atom is -0.496 e. The molecule has 150 valence electrons. The molecule has 0 bridgehead atoms. The lowest BCUT2D eigenvalue weighted by molar-refractivity contribution is 0.0948. The maximum Gasteiger partial charge on any atom is 0.271 e. The maximum absolute atomic E-state index is 12.3. The molecule has 0 aliphatic rings. The lowest BCUT2D eigenvalue weighted by atomic mass is 10.1. The first kappa shape index (κ1) is 20.1. The van der Waals surface area contributed by atoms with E-state index in [1.807, 2.05) is 48.5 Å². The average molecular weight is 392 g/mol. The Morgan fingerprint density at radius 1 is 0.897 bits per heavy atom. The molecule has 0 radical (unpaired) electrons. The SMILES string of the molecule is COc1ccccc1CCNC(=O)c1cnc(NCc2ccccc2OC)cn1. The third kappa shape index (κ3) is 5.44. The fraction of sp³-hybridized carbons (Fsp3) is 0.227. The Bertz CT molecular complexity index is 945. The van der Waals surface area contributed by atoms with Gasteiger partial charge in [0, 0.05) is 18.7 Å². The van der Waals surface area contributed by atoms with Gasteiger partial charge in [0.2, 0.25) is 0 Å². The topological polar surface area (TPSA) is 85.4 Å². The summed E-state index contributed by atoms with van der Waals surface area (Å²) in [6.07, 6.45) is 3.68. The summed E-state index contributed by atoms with van der Waals surface area (Å²) in [5.41, 5.74) is 2.32. The number of rotatable bonds is 9. The average Bonchev–Trinajstić information content (AvgIpc) is 2.78. The molecule has 0 unspecified atom stereocenters. The molecule has 0 saturated heterocycles. The van der Waals surface area contributed by atoms with Crippen LogP contribution < -0.4 is 20.1 Å². The van der Waals surface area contributed by atoms with Crippen LogP contribution in [0.25, 0.3) is 0 Å². The number of ether oxygens (including phenoxy) is 2. The Morgan fingerprint density at radius 2 is 1.55 bits per heavy atom. The van der Waals surface area contributed by atoms with E-state index in [1.54, 1.807) is 20.4 Å². The van der Waals surface area contributed by atoms with Crippen molar-refractivity contribution >= 4 is 11.7 Å². The summed E-state index contributed by atoms with van der Waals surface area (Å²) in [7, 11) is 3.27. The van der Waals surface area contributed by atoms with E-state index in [-0.39, 0.29) is 11.6 Å². The van der Waals surface area contributed by atoms with Crippen molar-refractivity contribution in [2.45, 2.75) is 13.0 Å². The monoisotopic (exact) mass is 392 g/mol. The molecule has 1 aromatic heterocycles. The van der Waals surface area contributed by atoms with Gasteiger partial charge in [-0.25, -0.2) is 9.97 Å². The Balaban J connectivity index is 1.51. The Morgan fingerprint density at radius 3 is 2.21 bits per heavy atom. The van der Waals surface area contributed by atoms with Crippen molar-refractivity contribution in [3.05, 3.63) is 77.7 Å². The van der Waals surface area contributed by atoms with Crippen molar-refractivity contribution in [1.29, 1.82) is 0 Å². The molecule has 7 nitrogen and oxygen atoms in total. The third-order valence-electron chi connectivity index (χ3n) is 4.41. The second-order valence-electron chi connectivity index (χ2n) is 6.27. The second kappa shape index (κ2) is 10.1. The predicted molar refractivity (Wildman–Crippen MR) is 111 cm³/mol. The minimum absolute atomic E-state index is 0.260. The summed E-state index contributed by atoms with van der Waals surface area (Å²) in [5, 5.41) is 6.04. The van der Waals surface area contributed by atoms with E-state index >= 15 is 0 Å². The van der Waals surface area contributed by atoms with Crippen LogP contribution in [0.5, 0.6) is 11.5 Å². The number of benzene rings is 2. The number of aromatic nitrogens is 2. The van der Waals surface area contributed by atoms with Crippen LogP contribution in [0, 0.1) is 0 Å². The van der Waals surface area contributed by atoms with E-state index < -0.39 is 0 Å². The molecular weight excluding hydrogens is 368 g/mol. The minimum atomic E-state index is -0.260. The van der Waals surface area contributed by atoms with E-state index in [4.69, 9.17) is 9.47 Å². The molecule has 0 fully saturated rings. The molecule has 0 atom stereocenters. The number of nitrogens with zero attached hydrogens (tertiary/aromatic N) is 2. The highest BCUT2D eigenvalue weighted by Gasteiger charge is 2.09. The van der Waals surface area contributed by atoms with Crippen molar-refractivity contribution in [3.63, 3.8) is 0 Å². The fourth-order valence-corrected chi connectivity index (χ4v) is 2.88. The molecule has 29 heavy (non-hydrogen) atoms. The van der Waals surface area contributed by atoms with E-state index in [1.165, 1.54) is 6.20 Å². The van der Waals surface area contributed by atoms with Crippen LogP contribution in [0.2, 0.25) is 0 Å². The molecule has 3 rings (SSSR count). The Kier molecular flexibility index (Phi) is 7.00. The van der Waals surface area contributed by atoms with E-state index in [9.17, 15) is 4.79 Å². The van der Waals surface area contributed by atoms with Gasteiger partial charge in [-0.2, -0.15) is 0 Å². The van der Waals surface area contributed by atoms with Gasteiger partial charge in [-0.05, 0) is 24.1 Å². The van der Waals surface area contributed by atoms with E-state index in [0.717, 1.165) is 22.6 Å². The van der Waals surface area contributed by atoms with Gasteiger partial charge >= 0.3 is 0 Å². The number of methoxy groups -OCH3 is 2. The lowest BCUT2D eigenvalue weighted by Gasteiger charge is -2.10. The largest absolute Gasteiger partial charge is 0.496 e. The first-order valence-electron chi connectivity index (χ1n) is 9.29. The van der Waals surface area contributed by atoms with Crippen LogP contribution in [0.1, 0.15) is 21.6 Å². The second-order valence-corrected chi connectivity index (χ2v) is 6.27. The normalized spacial score (nSPS) is 10.3. The van der Waals surface area contributed by atoms with Crippen LogP contribution in [0.3, 0.4) is 0 Å². The number of hydrogen-bond donors (Lipinski definition) is 2. The van der Waals surface area contributed by atoms with Gasteiger partial charge in [0.1, 0.15) is 23.0 Å². The molecule has 1 heterocycles. The van der Waals surface area contributed by atoms with Crippen LogP contribution in [-0.4, -0.2) is 36.6 Å². The zero-order valence-electron chi connectivity index (χ0n) is 16.5. The number of carbonyl (C=O) groups excluding carboxylic acids is 1. The van der Waals surface area contributed by atoms with Crippen molar-refractivity contribution in [3.8, 4) is 11.5 Å². The first-order valence-corrected chi connectivity index (χ1v) is 9.29. The smallest absolute Gasteiger partial charge is 0.271 e. The van der Waals surface area contributed by atoms with Gasteiger partial charge < -0.3 is 20.1 Å². The first-order chi connectivity index (χ1) is 14.2. The molecule has 1 amide bonds. The zero-order chi connectivity index (χ0) is 20.5. The molecule has 7 heteroatoms. The number of para-hydroxylation sites is 2. The number of nitrogens with one attached hydrogen (secondary N) is 2. The number of amides is 1.